The van der Waals surface area contributed by atoms with Gasteiger partial charge in [0.15, 0.2) is 4.80 Å². The molecule has 0 amide bonds. The highest BCUT2D eigenvalue weighted by Crippen LogP contribution is 2.32. The SMILES string of the molecule is COc1ccc(C2C(C(=O)OC(C)C)=C(C)N=c3s/c(=C\c4ccccc4[N+](=O)[O-])c(=O)n32)cc1. The molecule has 9 nitrogen and oxygen atoms in total. The first-order chi connectivity index (χ1) is 16.7. The van der Waals surface area contributed by atoms with Crippen LogP contribution in [-0.2, 0) is 9.53 Å². The van der Waals surface area contributed by atoms with Crippen LogP contribution in [0, 0.1) is 10.1 Å². The number of hydrogen-bond donors (Lipinski definition) is 0. The smallest absolute Gasteiger partial charge is 0.338 e. The zero-order chi connectivity index (χ0) is 25.3. The van der Waals surface area contributed by atoms with E-state index in [-0.39, 0.29) is 21.9 Å². The molecule has 0 aliphatic carbocycles. The molecule has 0 N–H and O–H groups in total. The molecule has 3 aromatic rings. The third-order valence-electron chi connectivity index (χ3n) is 5.44. The Morgan fingerprint density at radius 3 is 2.51 bits per heavy atom. The molecule has 0 bridgehead atoms. The molecule has 1 aromatic heterocycles. The number of benzene rings is 2. The summed E-state index contributed by atoms with van der Waals surface area (Å²) in [4.78, 5) is 42.6. The summed E-state index contributed by atoms with van der Waals surface area (Å²) in [7, 11) is 1.55. The number of ether oxygens (including phenoxy) is 2. The molecule has 0 saturated carbocycles. The van der Waals surface area contributed by atoms with Crippen molar-refractivity contribution in [3.05, 3.63) is 101 Å². The van der Waals surface area contributed by atoms with E-state index in [9.17, 15) is 19.7 Å². The number of methoxy groups -OCH3 is 1. The summed E-state index contributed by atoms with van der Waals surface area (Å²) in [6, 6.07) is 12.5. The Balaban J connectivity index is 1.96. The van der Waals surface area contributed by atoms with Crippen molar-refractivity contribution >= 4 is 29.1 Å². The number of hydrogen-bond acceptors (Lipinski definition) is 8. The molecule has 0 radical (unpaired) electrons. The number of nitro groups is 1. The third-order valence-corrected chi connectivity index (χ3v) is 6.42. The molecule has 0 spiro atoms. The highest BCUT2D eigenvalue weighted by molar-refractivity contribution is 7.07. The van der Waals surface area contributed by atoms with E-state index >= 15 is 0 Å². The number of esters is 1. The molecule has 0 saturated heterocycles. The van der Waals surface area contributed by atoms with Gasteiger partial charge in [0.2, 0.25) is 0 Å². The Morgan fingerprint density at radius 2 is 1.89 bits per heavy atom. The molecule has 4 rings (SSSR count). The maximum Gasteiger partial charge on any atom is 0.338 e. The largest absolute Gasteiger partial charge is 0.497 e. The average Bonchev–Trinajstić information content (AvgIpc) is 3.12. The van der Waals surface area contributed by atoms with Gasteiger partial charge in [0.1, 0.15) is 5.75 Å². The van der Waals surface area contributed by atoms with Crippen molar-refractivity contribution in [1.82, 2.24) is 4.57 Å². The van der Waals surface area contributed by atoms with Crippen LogP contribution in [0.25, 0.3) is 6.08 Å². The summed E-state index contributed by atoms with van der Waals surface area (Å²) in [5, 5.41) is 11.4. The predicted octanol–water partition coefficient (Wildman–Crippen LogP) is 3.10. The summed E-state index contributed by atoms with van der Waals surface area (Å²) in [6.07, 6.45) is 1.13. The van der Waals surface area contributed by atoms with E-state index < -0.39 is 22.5 Å². The van der Waals surface area contributed by atoms with Gasteiger partial charge in [-0.3, -0.25) is 19.5 Å². The maximum atomic E-state index is 13.6. The molecular weight excluding hydrogens is 470 g/mol. The Hall–Kier alpha value is -4.05. The van der Waals surface area contributed by atoms with Crippen LogP contribution in [0.15, 0.2) is 69.6 Å². The number of fused-ring (bicyclic) bond motifs is 1. The molecule has 1 unspecified atom stereocenters. The van der Waals surface area contributed by atoms with E-state index in [1.165, 1.54) is 16.7 Å². The monoisotopic (exact) mass is 493 g/mol. The number of carbonyl (C=O) groups is 1. The number of carbonyl (C=O) groups excluding carboxylic acids is 1. The van der Waals surface area contributed by atoms with Crippen LogP contribution < -0.4 is 19.6 Å². The van der Waals surface area contributed by atoms with Gasteiger partial charge in [-0.1, -0.05) is 35.6 Å². The van der Waals surface area contributed by atoms with Gasteiger partial charge in [-0.25, -0.2) is 9.79 Å². The second-order valence-electron chi connectivity index (χ2n) is 8.12. The van der Waals surface area contributed by atoms with Crippen molar-refractivity contribution in [2.75, 3.05) is 7.11 Å². The lowest BCUT2D eigenvalue weighted by Gasteiger charge is -2.25. The van der Waals surface area contributed by atoms with Crippen molar-refractivity contribution in [1.29, 1.82) is 0 Å². The molecule has 35 heavy (non-hydrogen) atoms. The molecule has 0 fully saturated rings. The Bertz CT molecular complexity index is 1520. The van der Waals surface area contributed by atoms with E-state index in [1.54, 1.807) is 70.3 Å². The number of nitro benzene ring substituents is 1. The van der Waals surface area contributed by atoms with Gasteiger partial charge in [0, 0.05) is 6.07 Å². The second kappa shape index (κ2) is 9.67. The molecule has 1 atom stereocenters. The molecule has 1 aliphatic rings. The van der Waals surface area contributed by atoms with Crippen molar-refractivity contribution in [3.63, 3.8) is 0 Å². The average molecular weight is 494 g/mol. The van der Waals surface area contributed by atoms with Gasteiger partial charge in [-0.05, 0) is 50.6 Å². The topological polar surface area (TPSA) is 113 Å². The molecule has 1 aliphatic heterocycles. The van der Waals surface area contributed by atoms with Gasteiger partial charge < -0.3 is 9.47 Å². The number of nitrogens with zero attached hydrogens (tertiary/aromatic N) is 3. The minimum atomic E-state index is -0.781. The fourth-order valence-electron chi connectivity index (χ4n) is 3.88. The number of allylic oxidation sites excluding steroid dienone is 1. The Labute approximate surface area is 204 Å². The molecule has 10 heteroatoms. The normalized spacial score (nSPS) is 15.6. The fourth-order valence-corrected chi connectivity index (χ4v) is 4.92. The molecule has 2 heterocycles. The predicted molar refractivity (Wildman–Crippen MR) is 131 cm³/mol. The van der Waals surface area contributed by atoms with Crippen LogP contribution in [0.3, 0.4) is 0 Å². The molecular formula is C25H23N3O6S. The maximum absolute atomic E-state index is 13.6. The van der Waals surface area contributed by atoms with Gasteiger partial charge in [-0.2, -0.15) is 0 Å². The first-order valence-corrected chi connectivity index (χ1v) is 11.6. The van der Waals surface area contributed by atoms with Crippen LogP contribution in [0.5, 0.6) is 5.75 Å². The lowest BCUT2D eigenvalue weighted by atomic mass is 9.96. The zero-order valence-electron chi connectivity index (χ0n) is 19.6. The summed E-state index contributed by atoms with van der Waals surface area (Å²) < 4.78 is 12.4. The van der Waals surface area contributed by atoms with Crippen LogP contribution in [0.1, 0.15) is 37.9 Å². The van der Waals surface area contributed by atoms with Crippen LogP contribution >= 0.6 is 11.3 Å². The van der Waals surface area contributed by atoms with E-state index in [4.69, 9.17) is 9.47 Å². The van der Waals surface area contributed by atoms with Crippen LogP contribution in [-0.4, -0.2) is 28.7 Å². The lowest BCUT2D eigenvalue weighted by molar-refractivity contribution is -0.385. The van der Waals surface area contributed by atoms with E-state index in [0.717, 1.165) is 11.3 Å². The van der Waals surface area contributed by atoms with E-state index in [1.807, 2.05) is 0 Å². The van der Waals surface area contributed by atoms with Crippen molar-refractivity contribution < 1.29 is 19.2 Å². The van der Waals surface area contributed by atoms with Gasteiger partial charge in [0.25, 0.3) is 11.2 Å². The Kier molecular flexibility index (Phi) is 6.65. The van der Waals surface area contributed by atoms with Crippen LogP contribution in [0.2, 0.25) is 0 Å². The van der Waals surface area contributed by atoms with Crippen molar-refractivity contribution in [3.8, 4) is 5.75 Å². The highest BCUT2D eigenvalue weighted by atomic mass is 32.1. The number of aromatic nitrogens is 1. The summed E-state index contributed by atoms with van der Waals surface area (Å²) in [5.41, 5.74) is 1.16. The quantitative estimate of drug-likeness (QED) is 0.296. The minimum absolute atomic E-state index is 0.109. The summed E-state index contributed by atoms with van der Waals surface area (Å²) in [5.74, 6) is 0.0691. The summed E-state index contributed by atoms with van der Waals surface area (Å²) in [6.45, 7) is 5.20. The third kappa shape index (κ3) is 4.65. The first kappa shape index (κ1) is 24.1. The van der Waals surface area contributed by atoms with Crippen molar-refractivity contribution in [2.45, 2.75) is 32.9 Å². The fraction of sp³-hybridized carbons (Fsp3) is 0.240. The lowest BCUT2D eigenvalue weighted by Crippen LogP contribution is -2.40. The van der Waals surface area contributed by atoms with E-state index in [2.05, 4.69) is 4.99 Å². The first-order valence-electron chi connectivity index (χ1n) is 10.8. The Morgan fingerprint density at radius 1 is 1.20 bits per heavy atom. The molecule has 180 valence electrons. The zero-order valence-corrected chi connectivity index (χ0v) is 20.4. The van der Waals surface area contributed by atoms with E-state index in [0.29, 0.717) is 27.4 Å². The highest BCUT2D eigenvalue weighted by Gasteiger charge is 2.33. The minimum Gasteiger partial charge on any atom is -0.497 e. The van der Waals surface area contributed by atoms with Crippen molar-refractivity contribution in [2.24, 2.45) is 4.99 Å². The molecule has 2 aromatic carbocycles. The second-order valence-corrected chi connectivity index (χ2v) is 9.13. The van der Waals surface area contributed by atoms with Gasteiger partial charge >= 0.3 is 5.97 Å². The number of rotatable bonds is 6. The number of thiazole rings is 1. The van der Waals surface area contributed by atoms with Gasteiger partial charge in [-0.15, -0.1) is 0 Å². The van der Waals surface area contributed by atoms with Crippen LogP contribution in [0.4, 0.5) is 5.69 Å². The standard InChI is InChI=1S/C25H23N3O6S/c1-14(2)34-24(30)21-15(3)26-25-27(22(21)16-9-11-18(33-4)12-10-16)23(29)20(35-25)13-17-7-5-6-8-19(17)28(31)32/h5-14,22H,1-4H3/b20-13-. The summed E-state index contributed by atoms with van der Waals surface area (Å²) >= 11 is 1.11. The number of para-hydroxylation sites is 1. The van der Waals surface area contributed by atoms with Gasteiger partial charge in [0.05, 0.1) is 45.5 Å².